The summed E-state index contributed by atoms with van der Waals surface area (Å²) in [6.07, 6.45) is 2.87. The zero-order chi connectivity index (χ0) is 22.3. The number of hydrogen-bond donors (Lipinski definition) is 1. The van der Waals surface area contributed by atoms with Crippen molar-refractivity contribution in [2.75, 3.05) is 5.32 Å². The summed E-state index contributed by atoms with van der Waals surface area (Å²) in [6, 6.07) is 25.7. The Kier molecular flexibility index (Phi) is 6.66. The Balaban J connectivity index is 1.35. The molecule has 0 aliphatic carbocycles. The maximum atomic E-state index is 12.7. The van der Waals surface area contributed by atoms with E-state index >= 15 is 0 Å². The van der Waals surface area contributed by atoms with E-state index in [9.17, 15) is 4.79 Å². The highest BCUT2D eigenvalue weighted by Crippen LogP contribution is 2.16. The van der Waals surface area contributed by atoms with Crippen molar-refractivity contribution < 1.29 is 9.53 Å². The summed E-state index contributed by atoms with van der Waals surface area (Å²) < 4.78 is 7.68. The Hall–Kier alpha value is -3.86. The van der Waals surface area contributed by atoms with Gasteiger partial charge in [0.25, 0.3) is 5.91 Å². The van der Waals surface area contributed by atoms with Crippen molar-refractivity contribution in [1.29, 1.82) is 0 Å². The maximum absolute atomic E-state index is 12.7. The first-order valence-electron chi connectivity index (χ1n) is 10.8. The second kappa shape index (κ2) is 9.96. The number of rotatable bonds is 8. The fraction of sp³-hybridized carbons (Fsp3) is 0.185. The van der Waals surface area contributed by atoms with Crippen LogP contribution in [0.15, 0.2) is 85.1 Å². The van der Waals surface area contributed by atoms with Gasteiger partial charge in [-0.15, -0.1) is 0 Å². The van der Waals surface area contributed by atoms with Crippen molar-refractivity contribution in [1.82, 2.24) is 9.78 Å². The molecule has 0 saturated carbocycles. The van der Waals surface area contributed by atoms with Crippen LogP contribution in [-0.2, 0) is 19.6 Å². The van der Waals surface area contributed by atoms with Gasteiger partial charge in [0, 0.05) is 17.8 Å². The van der Waals surface area contributed by atoms with Crippen molar-refractivity contribution in [3.05, 3.63) is 113 Å². The van der Waals surface area contributed by atoms with Crippen molar-refractivity contribution in [2.24, 2.45) is 0 Å². The highest BCUT2D eigenvalue weighted by Gasteiger charge is 2.09. The van der Waals surface area contributed by atoms with E-state index in [1.54, 1.807) is 12.1 Å². The lowest BCUT2D eigenvalue weighted by atomic mass is 10.1. The van der Waals surface area contributed by atoms with Crippen LogP contribution in [0.5, 0.6) is 5.75 Å². The molecule has 1 N–H and O–H groups in total. The molecule has 32 heavy (non-hydrogen) atoms. The normalized spacial score (nSPS) is 10.7. The number of aromatic nitrogens is 2. The van der Waals surface area contributed by atoms with E-state index in [0.29, 0.717) is 24.5 Å². The van der Waals surface area contributed by atoms with Crippen molar-refractivity contribution in [3.8, 4) is 5.75 Å². The molecule has 1 aromatic heterocycles. The molecule has 5 heteroatoms. The fourth-order valence-electron chi connectivity index (χ4n) is 3.38. The number of amides is 1. The fourth-order valence-corrected chi connectivity index (χ4v) is 3.38. The smallest absolute Gasteiger partial charge is 0.256 e. The van der Waals surface area contributed by atoms with E-state index in [1.807, 2.05) is 41.2 Å². The summed E-state index contributed by atoms with van der Waals surface area (Å²) in [5.41, 5.74) is 5.16. The van der Waals surface area contributed by atoms with Gasteiger partial charge < -0.3 is 10.1 Å². The zero-order valence-corrected chi connectivity index (χ0v) is 18.4. The van der Waals surface area contributed by atoms with Crippen molar-refractivity contribution in [2.45, 2.75) is 33.4 Å². The summed E-state index contributed by atoms with van der Waals surface area (Å²) in [6.45, 7) is 5.25. The molecule has 0 radical (unpaired) electrons. The lowest BCUT2D eigenvalue weighted by Gasteiger charge is -2.09. The summed E-state index contributed by atoms with van der Waals surface area (Å²) in [5, 5.41) is 7.34. The van der Waals surface area contributed by atoms with Gasteiger partial charge in [0.1, 0.15) is 12.4 Å². The zero-order valence-electron chi connectivity index (χ0n) is 18.4. The van der Waals surface area contributed by atoms with E-state index in [0.717, 1.165) is 23.3 Å². The van der Waals surface area contributed by atoms with E-state index in [1.165, 1.54) is 11.1 Å². The quantitative estimate of drug-likeness (QED) is 0.398. The number of carbonyl (C=O) groups is 1. The SMILES string of the molecule is CCc1ccc(OCc2cccc(C(=O)Nc3ccn(Cc4ccc(C)cc4)n3)c2)cc1. The Morgan fingerprint density at radius 3 is 2.44 bits per heavy atom. The predicted octanol–water partition coefficient (Wildman–Crippen LogP) is 5.63. The second-order valence-corrected chi connectivity index (χ2v) is 7.82. The molecule has 1 amide bonds. The van der Waals surface area contributed by atoms with E-state index in [4.69, 9.17) is 4.74 Å². The van der Waals surface area contributed by atoms with Gasteiger partial charge in [-0.3, -0.25) is 9.48 Å². The van der Waals surface area contributed by atoms with Crippen molar-refractivity contribution >= 4 is 11.7 Å². The molecule has 5 nitrogen and oxygen atoms in total. The Bertz CT molecular complexity index is 1180. The molecule has 0 aliphatic rings. The Morgan fingerprint density at radius 1 is 0.938 bits per heavy atom. The summed E-state index contributed by atoms with van der Waals surface area (Å²) >= 11 is 0. The molecule has 0 atom stereocenters. The number of nitrogens with one attached hydrogen (secondary N) is 1. The van der Waals surface area contributed by atoms with Gasteiger partial charge in [0.2, 0.25) is 0 Å². The lowest BCUT2D eigenvalue weighted by Crippen LogP contribution is -2.13. The molecule has 0 fully saturated rings. The number of benzene rings is 3. The molecular weight excluding hydrogens is 398 g/mol. The van der Waals surface area contributed by atoms with Crippen LogP contribution >= 0.6 is 0 Å². The molecule has 0 spiro atoms. The lowest BCUT2D eigenvalue weighted by molar-refractivity contribution is 0.102. The van der Waals surface area contributed by atoms with Crippen molar-refractivity contribution in [3.63, 3.8) is 0 Å². The highest BCUT2D eigenvalue weighted by molar-refractivity contribution is 6.03. The first kappa shape index (κ1) is 21.4. The summed E-state index contributed by atoms with van der Waals surface area (Å²) in [7, 11) is 0. The van der Waals surface area contributed by atoms with Crippen LogP contribution in [0, 0.1) is 6.92 Å². The average molecular weight is 426 g/mol. The number of anilines is 1. The minimum atomic E-state index is -0.195. The molecule has 0 bridgehead atoms. The van der Waals surface area contributed by atoms with Crippen LogP contribution < -0.4 is 10.1 Å². The molecule has 0 saturated heterocycles. The largest absolute Gasteiger partial charge is 0.489 e. The predicted molar refractivity (Wildman–Crippen MR) is 127 cm³/mol. The third-order valence-corrected chi connectivity index (χ3v) is 5.27. The standard InChI is InChI=1S/C27H27N3O2/c1-3-21-11-13-25(14-12-21)32-19-23-5-4-6-24(17-23)27(31)28-26-15-16-30(29-26)18-22-9-7-20(2)8-10-22/h4-17H,3,18-19H2,1-2H3,(H,28,29,31). The van der Waals surface area contributed by atoms with Gasteiger partial charge >= 0.3 is 0 Å². The maximum Gasteiger partial charge on any atom is 0.256 e. The van der Waals surface area contributed by atoms with Crippen LogP contribution in [0.3, 0.4) is 0 Å². The third-order valence-electron chi connectivity index (χ3n) is 5.27. The first-order valence-corrected chi connectivity index (χ1v) is 10.8. The Morgan fingerprint density at radius 2 is 1.69 bits per heavy atom. The van der Waals surface area contributed by atoms with Gasteiger partial charge in [0.05, 0.1) is 6.54 Å². The van der Waals surface area contributed by atoms with Gasteiger partial charge in [-0.25, -0.2) is 0 Å². The van der Waals surface area contributed by atoms with Gasteiger partial charge in [-0.05, 0) is 54.3 Å². The van der Waals surface area contributed by atoms with Crippen LogP contribution in [0.25, 0.3) is 0 Å². The molecule has 162 valence electrons. The minimum absolute atomic E-state index is 0.195. The number of hydrogen-bond acceptors (Lipinski definition) is 3. The van der Waals surface area contributed by atoms with Crippen LogP contribution in [0.2, 0.25) is 0 Å². The monoisotopic (exact) mass is 425 g/mol. The van der Waals surface area contributed by atoms with Crippen LogP contribution in [0.1, 0.15) is 39.5 Å². The third kappa shape index (κ3) is 5.64. The molecule has 4 aromatic rings. The second-order valence-electron chi connectivity index (χ2n) is 7.82. The van der Waals surface area contributed by atoms with Gasteiger partial charge in [0.15, 0.2) is 5.82 Å². The van der Waals surface area contributed by atoms with Crippen LogP contribution in [-0.4, -0.2) is 15.7 Å². The van der Waals surface area contributed by atoms with E-state index in [-0.39, 0.29) is 5.91 Å². The Labute approximate surface area is 188 Å². The van der Waals surface area contributed by atoms with Crippen LogP contribution in [0.4, 0.5) is 5.82 Å². The summed E-state index contributed by atoms with van der Waals surface area (Å²) in [5.74, 6) is 1.15. The highest BCUT2D eigenvalue weighted by atomic mass is 16.5. The number of ether oxygens (including phenoxy) is 1. The van der Waals surface area contributed by atoms with Gasteiger partial charge in [-0.1, -0.05) is 61.0 Å². The topological polar surface area (TPSA) is 56.1 Å². The minimum Gasteiger partial charge on any atom is -0.489 e. The van der Waals surface area contributed by atoms with Gasteiger partial charge in [-0.2, -0.15) is 5.10 Å². The molecule has 0 aliphatic heterocycles. The molecular formula is C27H27N3O2. The molecule has 3 aromatic carbocycles. The number of carbonyl (C=O) groups excluding carboxylic acids is 1. The molecule has 4 rings (SSSR count). The molecule has 1 heterocycles. The van der Waals surface area contributed by atoms with E-state index in [2.05, 4.69) is 60.7 Å². The summed E-state index contributed by atoms with van der Waals surface area (Å²) in [4.78, 5) is 12.7. The first-order chi connectivity index (χ1) is 15.6. The average Bonchev–Trinajstić information content (AvgIpc) is 3.26. The number of aryl methyl sites for hydroxylation is 2. The number of nitrogens with zero attached hydrogens (tertiary/aromatic N) is 2. The molecule has 0 unspecified atom stereocenters. The van der Waals surface area contributed by atoms with E-state index < -0.39 is 0 Å².